The fourth-order valence-corrected chi connectivity index (χ4v) is 4.12. The van der Waals surface area contributed by atoms with Gasteiger partial charge in [-0.3, -0.25) is 14.7 Å². The number of carbonyl (C=O) groups is 1. The molecule has 2 aromatic carbocycles. The number of pyridine rings is 1. The van der Waals surface area contributed by atoms with Crippen LogP contribution in [0, 0.1) is 5.82 Å². The lowest BCUT2D eigenvalue weighted by molar-refractivity contribution is 0.0930. The molecule has 160 valence electrons. The number of hydrogen-bond acceptors (Lipinski definition) is 4. The van der Waals surface area contributed by atoms with Gasteiger partial charge in [-0.05, 0) is 42.0 Å². The van der Waals surface area contributed by atoms with Crippen LogP contribution in [0.5, 0.6) is 0 Å². The second-order valence-electron chi connectivity index (χ2n) is 7.50. The Hall–Kier alpha value is -2.96. The van der Waals surface area contributed by atoms with Crippen LogP contribution in [0.2, 0.25) is 5.02 Å². The van der Waals surface area contributed by atoms with Crippen molar-refractivity contribution in [3.63, 3.8) is 0 Å². The summed E-state index contributed by atoms with van der Waals surface area (Å²) in [6.45, 7) is 3.36. The van der Waals surface area contributed by atoms with Gasteiger partial charge in [-0.2, -0.15) is 0 Å². The van der Waals surface area contributed by atoms with Crippen LogP contribution >= 0.6 is 11.6 Å². The predicted molar refractivity (Wildman–Crippen MR) is 121 cm³/mol. The minimum atomic E-state index is -0.200. The van der Waals surface area contributed by atoms with Crippen LogP contribution in [-0.4, -0.2) is 48.5 Å². The normalized spacial score (nSPS) is 15.5. The van der Waals surface area contributed by atoms with E-state index >= 15 is 0 Å². The number of carbonyl (C=O) groups excluding carboxylic acids is 1. The molecule has 0 bridgehead atoms. The lowest BCUT2D eigenvalue weighted by Crippen LogP contribution is -2.50. The Labute approximate surface area is 186 Å². The quantitative estimate of drug-likeness (QED) is 0.627. The van der Waals surface area contributed by atoms with E-state index in [0.29, 0.717) is 35.9 Å². The Morgan fingerprint density at radius 1 is 1.06 bits per heavy atom. The number of benzene rings is 2. The summed E-state index contributed by atoms with van der Waals surface area (Å²) in [6, 6.07) is 17.7. The number of anilines is 1. The number of piperazine rings is 1. The number of nitrogens with one attached hydrogen (secondary N) is 1. The summed E-state index contributed by atoms with van der Waals surface area (Å²) in [5, 5.41) is 3.56. The van der Waals surface area contributed by atoms with Gasteiger partial charge in [-0.15, -0.1) is 0 Å². The second kappa shape index (κ2) is 9.90. The summed E-state index contributed by atoms with van der Waals surface area (Å²) >= 11 is 6.02. The fraction of sp³-hybridized carbons (Fsp3) is 0.250. The molecule has 1 atom stereocenters. The third-order valence-corrected chi connectivity index (χ3v) is 5.80. The zero-order valence-electron chi connectivity index (χ0n) is 17.0. The Morgan fingerprint density at radius 2 is 1.87 bits per heavy atom. The van der Waals surface area contributed by atoms with Gasteiger partial charge in [0.2, 0.25) is 0 Å². The molecule has 1 aliphatic heterocycles. The van der Waals surface area contributed by atoms with Crippen molar-refractivity contribution in [1.29, 1.82) is 0 Å². The van der Waals surface area contributed by atoms with Crippen molar-refractivity contribution in [2.45, 2.75) is 6.04 Å². The van der Waals surface area contributed by atoms with Crippen molar-refractivity contribution in [1.82, 2.24) is 15.2 Å². The molecule has 0 spiro atoms. The van der Waals surface area contributed by atoms with E-state index in [1.165, 1.54) is 6.07 Å². The first-order valence-corrected chi connectivity index (χ1v) is 10.7. The number of para-hydroxylation sites is 1. The lowest BCUT2D eigenvalue weighted by Gasteiger charge is -2.40. The third kappa shape index (κ3) is 5.21. The zero-order chi connectivity index (χ0) is 21.6. The van der Waals surface area contributed by atoms with Crippen LogP contribution in [0.3, 0.4) is 0 Å². The molecule has 2 heterocycles. The van der Waals surface area contributed by atoms with E-state index in [1.807, 2.05) is 30.5 Å². The number of halogens is 2. The summed E-state index contributed by atoms with van der Waals surface area (Å²) in [5.74, 6) is -0.366. The average molecular weight is 439 g/mol. The number of amides is 1. The Balaban J connectivity index is 1.45. The van der Waals surface area contributed by atoms with Gasteiger partial charge in [-0.1, -0.05) is 35.9 Å². The summed E-state index contributed by atoms with van der Waals surface area (Å²) in [5.41, 5.74) is 2.20. The minimum Gasteiger partial charge on any atom is -0.367 e. The highest BCUT2D eigenvalue weighted by Gasteiger charge is 2.26. The highest BCUT2D eigenvalue weighted by Crippen LogP contribution is 2.25. The van der Waals surface area contributed by atoms with Crippen LogP contribution in [0.4, 0.5) is 10.1 Å². The van der Waals surface area contributed by atoms with Gasteiger partial charge in [0.05, 0.1) is 11.7 Å². The topological polar surface area (TPSA) is 48.5 Å². The van der Waals surface area contributed by atoms with E-state index in [1.54, 1.807) is 36.5 Å². The number of nitrogens with zero attached hydrogens (tertiary/aromatic N) is 3. The molecule has 0 aliphatic carbocycles. The van der Waals surface area contributed by atoms with Crippen molar-refractivity contribution in [3.8, 4) is 0 Å². The molecule has 0 unspecified atom stereocenters. The maximum Gasteiger partial charge on any atom is 0.251 e. The maximum atomic E-state index is 14.2. The summed E-state index contributed by atoms with van der Waals surface area (Å²) in [6.07, 6.45) is 3.57. The third-order valence-electron chi connectivity index (χ3n) is 5.56. The van der Waals surface area contributed by atoms with Gasteiger partial charge < -0.3 is 10.2 Å². The average Bonchev–Trinajstić information content (AvgIpc) is 2.81. The molecule has 1 aromatic heterocycles. The van der Waals surface area contributed by atoms with Crippen LogP contribution in [-0.2, 0) is 0 Å². The molecule has 31 heavy (non-hydrogen) atoms. The number of hydrogen-bond donors (Lipinski definition) is 1. The van der Waals surface area contributed by atoms with E-state index in [0.717, 1.165) is 18.7 Å². The van der Waals surface area contributed by atoms with Gasteiger partial charge in [0.25, 0.3) is 5.91 Å². The Bertz CT molecular complexity index is 1020. The van der Waals surface area contributed by atoms with Gasteiger partial charge in [0, 0.05) is 55.7 Å². The van der Waals surface area contributed by atoms with E-state index < -0.39 is 0 Å². The smallest absolute Gasteiger partial charge is 0.251 e. The number of aromatic nitrogens is 1. The summed E-state index contributed by atoms with van der Waals surface area (Å²) < 4.78 is 14.2. The first-order valence-electron chi connectivity index (χ1n) is 10.3. The van der Waals surface area contributed by atoms with Crippen LogP contribution < -0.4 is 10.2 Å². The van der Waals surface area contributed by atoms with Gasteiger partial charge in [0.1, 0.15) is 5.82 Å². The van der Waals surface area contributed by atoms with Gasteiger partial charge in [-0.25, -0.2) is 4.39 Å². The Morgan fingerprint density at radius 3 is 2.58 bits per heavy atom. The Kier molecular flexibility index (Phi) is 6.79. The minimum absolute atomic E-state index is 0.0281. The molecule has 3 aromatic rings. The van der Waals surface area contributed by atoms with E-state index in [4.69, 9.17) is 11.6 Å². The molecule has 5 nitrogen and oxygen atoms in total. The molecule has 1 saturated heterocycles. The summed E-state index contributed by atoms with van der Waals surface area (Å²) in [4.78, 5) is 21.3. The van der Waals surface area contributed by atoms with Gasteiger partial charge in [0.15, 0.2) is 0 Å². The van der Waals surface area contributed by atoms with Crippen LogP contribution in [0.1, 0.15) is 22.0 Å². The molecule has 7 heteroatoms. The largest absolute Gasteiger partial charge is 0.367 e. The van der Waals surface area contributed by atoms with Crippen LogP contribution in [0.25, 0.3) is 0 Å². The van der Waals surface area contributed by atoms with E-state index in [9.17, 15) is 9.18 Å². The maximum absolute atomic E-state index is 14.2. The van der Waals surface area contributed by atoms with Crippen molar-refractivity contribution in [2.75, 3.05) is 37.6 Å². The predicted octanol–water partition coefficient (Wildman–Crippen LogP) is 4.17. The molecular formula is C24H24ClFN4O. The van der Waals surface area contributed by atoms with Crippen LogP contribution in [0.15, 0.2) is 73.1 Å². The highest BCUT2D eigenvalue weighted by molar-refractivity contribution is 6.30. The molecule has 1 aliphatic rings. The molecule has 4 rings (SSSR count). The molecule has 0 saturated carbocycles. The molecule has 0 radical (unpaired) electrons. The van der Waals surface area contributed by atoms with E-state index in [-0.39, 0.29) is 17.8 Å². The lowest BCUT2D eigenvalue weighted by atomic mass is 10.1. The highest BCUT2D eigenvalue weighted by atomic mass is 35.5. The van der Waals surface area contributed by atoms with Crippen molar-refractivity contribution < 1.29 is 9.18 Å². The second-order valence-corrected chi connectivity index (χ2v) is 7.93. The summed E-state index contributed by atoms with van der Waals surface area (Å²) in [7, 11) is 0. The van der Waals surface area contributed by atoms with Crippen molar-refractivity contribution in [2.24, 2.45) is 0 Å². The van der Waals surface area contributed by atoms with Crippen molar-refractivity contribution in [3.05, 3.63) is 95.0 Å². The molecule has 1 amide bonds. The first kappa shape index (κ1) is 21.3. The molecule has 1 N–H and O–H groups in total. The monoisotopic (exact) mass is 438 g/mol. The van der Waals surface area contributed by atoms with Crippen molar-refractivity contribution >= 4 is 23.2 Å². The standard InChI is InChI=1S/C24H24ClFN4O/c25-20-7-3-5-18(15-20)24(31)28-17-23(19-6-4-10-27-16-19)30-13-11-29(12-14-30)22-9-2-1-8-21(22)26/h1-10,15-16,23H,11-14,17H2,(H,28,31)/t23-/m1/s1. The molecular weight excluding hydrogens is 415 g/mol. The SMILES string of the molecule is O=C(NC[C@H](c1cccnc1)N1CCN(c2ccccc2F)CC1)c1cccc(Cl)c1. The van der Waals surface area contributed by atoms with E-state index in [2.05, 4.69) is 20.1 Å². The first-order chi connectivity index (χ1) is 15.1. The number of rotatable bonds is 6. The fourth-order valence-electron chi connectivity index (χ4n) is 3.93. The molecule has 1 fully saturated rings. The zero-order valence-corrected chi connectivity index (χ0v) is 17.8. The van der Waals surface area contributed by atoms with Gasteiger partial charge >= 0.3 is 0 Å².